The smallest absolute Gasteiger partial charge is 0.450 e. The molecule has 0 saturated carbocycles. The predicted molar refractivity (Wildman–Crippen MR) is 113 cm³/mol. The highest BCUT2D eigenvalue weighted by atomic mass is 19.4. The van der Waals surface area contributed by atoms with Crippen LogP contribution in [-0.4, -0.2) is 18.7 Å². The number of hydrogen-bond donors (Lipinski definition) is 0. The van der Waals surface area contributed by atoms with Gasteiger partial charge in [-0.1, -0.05) is 12.1 Å². The third-order valence-electron chi connectivity index (χ3n) is 5.50. The molecule has 6 nitrogen and oxygen atoms in total. The second-order valence-electron chi connectivity index (χ2n) is 7.62. The third kappa shape index (κ3) is 3.84. The lowest BCUT2D eigenvalue weighted by Crippen LogP contribution is -2.31. The number of alkyl halides is 3. The predicted octanol–water partition coefficient (Wildman–Crippen LogP) is 5.43. The molecule has 33 heavy (non-hydrogen) atoms. The van der Waals surface area contributed by atoms with Gasteiger partial charge in [-0.2, -0.15) is 13.2 Å². The summed E-state index contributed by atoms with van der Waals surface area (Å²) in [6.07, 6.45) is -3.34. The van der Waals surface area contributed by atoms with E-state index in [4.69, 9.17) is 18.3 Å². The zero-order valence-corrected chi connectivity index (χ0v) is 17.4. The summed E-state index contributed by atoms with van der Waals surface area (Å²) in [5.74, 6) is 0.176. The number of halogens is 3. The minimum atomic E-state index is -4.88. The van der Waals surface area contributed by atoms with Crippen molar-refractivity contribution in [3.63, 3.8) is 0 Å². The molecular weight excluding hydrogens is 439 g/mol. The topological polar surface area (TPSA) is 65.1 Å². The summed E-state index contributed by atoms with van der Waals surface area (Å²) in [6, 6.07) is 12.4. The van der Waals surface area contributed by atoms with E-state index in [9.17, 15) is 18.0 Å². The number of rotatable bonds is 4. The van der Waals surface area contributed by atoms with Crippen LogP contribution in [0.3, 0.4) is 0 Å². The van der Waals surface area contributed by atoms with E-state index in [2.05, 4.69) is 0 Å². The molecule has 0 aliphatic carbocycles. The highest BCUT2D eigenvalue weighted by molar-refractivity contribution is 5.87. The number of methoxy groups -OCH3 is 1. The molecule has 1 aliphatic rings. The second-order valence-corrected chi connectivity index (χ2v) is 7.62. The summed E-state index contributed by atoms with van der Waals surface area (Å²) in [4.78, 5) is 15.2. The number of ether oxygens (including phenoxy) is 2. The Morgan fingerprint density at radius 2 is 1.88 bits per heavy atom. The minimum absolute atomic E-state index is 0.0519. The number of benzene rings is 2. The first kappa shape index (κ1) is 21.1. The molecule has 0 fully saturated rings. The Bertz CT molecular complexity index is 1360. The van der Waals surface area contributed by atoms with Crippen molar-refractivity contribution in [3.8, 4) is 22.6 Å². The first-order chi connectivity index (χ1) is 15.8. The van der Waals surface area contributed by atoms with Gasteiger partial charge in [0, 0.05) is 6.54 Å². The van der Waals surface area contributed by atoms with Crippen LogP contribution in [-0.2, 0) is 19.3 Å². The molecule has 0 bridgehead atoms. The van der Waals surface area contributed by atoms with E-state index in [0.29, 0.717) is 29.4 Å². The van der Waals surface area contributed by atoms with Crippen molar-refractivity contribution >= 4 is 11.0 Å². The van der Waals surface area contributed by atoms with Crippen LogP contribution >= 0.6 is 0 Å². The Morgan fingerprint density at radius 3 is 2.55 bits per heavy atom. The average molecular weight is 457 g/mol. The van der Waals surface area contributed by atoms with Crippen LogP contribution < -0.4 is 14.9 Å². The van der Waals surface area contributed by atoms with E-state index in [1.165, 1.54) is 37.4 Å². The number of nitrogens with zero attached hydrogens (tertiary/aromatic N) is 1. The van der Waals surface area contributed by atoms with Gasteiger partial charge in [0.05, 0.1) is 36.4 Å². The van der Waals surface area contributed by atoms with Crippen molar-refractivity contribution in [3.05, 3.63) is 82.1 Å². The van der Waals surface area contributed by atoms with Gasteiger partial charge in [-0.15, -0.1) is 0 Å². The third-order valence-corrected chi connectivity index (χ3v) is 5.50. The summed E-state index contributed by atoms with van der Waals surface area (Å²) in [5, 5.41) is 0.0519. The molecule has 0 radical (unpaired) electrons. The number of hydrogen-bond acceptors (Lipinski definition) is 6. The average Bonchev–Trinajstić information content (AvgIpc) is 3.31. The van der Waals surface area contributed by atoms with Crippen molar-refractivity contribution < 1.29 is 31.5 Å². The Hall–Kier alpha value is -3.72. The summed E-state index contributed by atoms with van der Waals surface area (Å²) in [5.41, 5.74) is -0.964. The number of furan rings is 1. The lowest BCUT2D eigenvalue weighted by atomic mass is 9.99. The monoisotopic (exact) mass is 457 g/mol. The summed E-state index contributed by atoms with van der Waals surface area (Å²) < 4.78 is 63.7. The van der Waals surface area contributed by atoms with E-state index in [0.717, 1.165) is 0 Å². The summed E-state index contributed by atoms with van der Waals surface area (Å²) in [7, 11) is 1.45. The van der Waals surface area contributed by atoms with E-state index < -0.39 is 22.9 Å². The van der Waals surface area contributed by atoms with Crippen LogP contribution in [0.15, 0.2) is 68.4 Å². The number of fused-ring (bicyclic) bond motifs is 3. The molecule has 0 spiro atoms. The van der Waals surface area contributed by atoms with Crippen LogP contribution in [0.4, 0.5) is 13.2 Å². The van der Waals surface area contributed by atoms with Crippen molar-refractivity contribution in [2.45, 2.75) is 19.3 Å². The molecule has 3 heterocycles. The largest absolute Gasteiger partial charge is 0.497 e. The minimum Gasteiger partial charge on any atom is -0.497 e. The fraction of sp³-hybridized carbons (Fsp3) is 0.208. The van der Waals surface area contributed by atoms with Gasteiger partial charge in [-0.3, -0.25) is 9.69 Å². The van der Waals surface area contributed by atoms with Crippen LogP contribution in [0.1, 0.15) is 17.1 Å². The Balaban J connectivity index is 1.67. The first-order valence-electron chi connectivity index (χ1n) is 10.1. The quantitative estimate of drug-likeness (QED) is 0.407. The molecule has 170 valence electrons. The summed E-state index contributed by atoms with van der Waals surface area (Å²) in [6.45, 7) is 0.845. The standard InChI is InChI=1S/C24H18F3NO5/c1-30-15-6-4-14(5-7-15)20-21(29)17-8-9-19-18(22(17)33-23(20)24(25,26)27)12-28(13-32-19)11-16-3-2-10-31-16/h2-10H,11-13H2,1H3. The van der Waals surface area contributed by atoms with Gasteiger partial charge >= 0.3 is 6.18 Å². The van der Waals surface area contributed by atoms with Crippen molar-refractivity contribution in [2.75, 3.05) is 13.8 Å². The highest BCUT2D eigenvalue weighted by Gasteiger charge is 2.40. The van der Waals surface area contributed by atoms with Crippen molar-refractivity contribution in [1.82, 2.24) is 4.90 Å². The van der Waals surface area contributed by atoms with E-state index >= 15 is 0 Å². The van der Waals surface area contributed by atoms with Crippen LogP contribution in [0.5, 0.6) is 11.5 Å². The molecule has 2 aromatic carbocycles. The van der Waals surface area contributed by atoms with E-state index in [-0.39, 0.29) is 29.8 Å². The molecule has 0 amide bonds. The molecule has 4 aromatic rings. The van der Waals surface area contributed by atoms with Crippen molar-refractivity contribution in [1.29, 1.82) is 0 Å². The first-order valence-corrected chi connectivity index (χ1v) is 10.1. The fourth-order valence-corrected chi connectivity index (χ4v) is 3.95. The highest BCUT2D eigenvalue weighted by Crippen LogP contribution is 2.40. The Kier molecular flexibility index (Phi) is 5.13. The Morgan fingerprint density at radius 1 is 1.09 bits per heavy atom. The molecule has 0 saturated heterocycles. The molecule has 5 rings (SSSR count). The van der Waals surface area contributed by atoms with Gasteiger partial charge in [0.1, 0.15) is 29.6 Å². The fourth-order valence-electron chi connectivity index (χ4n) is 3.95. The SMILES string of the molecule is COc1ccc(-c2c(C(F)(F)F)oc3c4c(ccc3c2=O)OCN(Cc2ccco2)C4)cc1. The van der Waals surface area contributed by atoms with Gasteiger partial charge in [0.25, 0.3) is 0 Å². The molecule has 1 aliphatic heterocycles. The van der Waals surface area contributed by atoms with Gasteiger partial charge in [-0.25, -0.2) is 0 Å². The molecular formula is C24H18F3NO5. The second kappa shape index (κ2) is 8.00. The van der Waals surface area contributed by atoms with Gasteiger partial charge in [0.15, 0.2) is 0 Å². The van der Waals surface area contributed by atoms with Crippen LogP contribution in [0, 0.1) is 0 Å². The van der Waals surface area contributed by atoms with Crippen molar-refractivity contribution in [2.24, 2.45) is 0 Å². The molecule has 2 aromatic heterocycles. The summed E-state index contributed by atoms with van der Waals surface area (Å²) >= 11 is 0. The molecule has 0 N–H and O–H groups in total. The maximum Gasteiger partial charge on any atom is 0.450 e. The van der Waals surface area contributed by atoms with E-state index in [1.54, 1.807) is 24.5 Å². The lowest BCUT2D eigenvalue weighted by molar-refractivity contribution is -0.152. The normalized spacial score (nSPS) is 14.2. The zero-order chi connectivity index (χ0) is 23.2. The maximum absolute atomic E-state index is 14.0. The Labute approximate surface area is 185 Å². The van der Waals surface area contributed by atoms with Gasteiger partial charge in [-0.05, 0) is 42.0 Å². The lowest BCUT2D eigenvalue weighted by Gasteiger charge is -2.28. The van der Waals surface area contributed by atoms with Crippen LogP contribution in [0.25, 0.3) is 22.1 Å². The molecule has 9 heteroatoms. The molecule has 0 atom stereocenters. The molecule has 0 unspecified atom stereocenters. The zero-order valence-electron chi connectivity index (χ0n) is 17.4. The van der Waals surface area contributed by atoms with Crippen LogP contribution in [0.2, 0.25) is 0 Å². The maximum atomic E-state index is 14.0. The van der Waals surface area contributed by atoms with E-state index in [1.807, 2.05) is 4.90 Å². The van der Waals surface area contributed by atoms with Gasteiger partial charge < -0.3 is 18.3 Å². The van der Waals surface area contributed by atoms with Gasteiger partial charge in [0.2, 0.25) is 11.2 Å².